The van der Waals surface area contributed by atoms with E-state index in [1.54, 1.807) is 62.4 Å². The van der Waals surface area contributed by atoms with E-state index in [0.29, 0.717) is 22.4 Å². The molecule has 5 aromatic carbocycles. The summed E-state index contributed by atoms with van der Waals surface area (Å²) < 4.78 is 0. The van der Waals surface area contributed by atoms with Crippen LogP contribution in [0, 0.1) is 13.8 Å². The van der Waals surface area contributed by atoms with Gasteiger partial charge in [-0.3, -0.25) is 9.59 Å². The smallest absolute Gasteiger partial charge is 0.198 e. The number of hydrogen-bond donors (Lipinski definition) is 5. The Hall–Kier alpha value is -5.24. The van der Waals surface area contributed by atoms with Crippen LogP contribution in [0.1, 0.15) is 65.4 Å². The third kappa shape index (κ3) is 5.69. The summed E-state index contributed by atoms with van der Waals surface area (Å²) in [6, 6.07) is 23.3. The molecule has 0 unspecified atom stereocenters. The summed E-state index contributed by atoms with van der Waals surface area (Å²) in [4.78, 5) is 30.4. The highest BCUT2D eigenvalue weighted by molar-refractivity contribution is 6.35. The lowest BCUT2D eigenvalue weighted by atomic mass is 9.90. The van der Waals surface area contributed by atoms with Gasteiger partial charge in [-0.25, -0.2) is 0 Å². The number of aromatic nitrogens is 1. The summed E-state index contributed by atoms with van der Waals surface area (Å²) in [5.74, 6) is -2.14. The van der Waals surface area contributed by atoms with Gasteiger partial charge in [0.2, 0.25) is 0 Å². The molecule has 0 aliphatic carbocycles. The molecule has 5 N–H and O–H groups in total. The molecule has 6 rings (SSSR count). The number of halogens is 2. The van der Waals surface area contributed by atoms with E-state index in [9.17, 15) is 30.0 Å². The normalized spacial score (nSPS) is 11.2. The van der Waals surface area contributed by atoms with Gasteiger partial charge in [0.15, 0.2) is 11.6 Å². The van der Waals surface area contributed by atoms with E-state index >= 15 is 0 Å². The second kappa shape index (κ2) is 12.5. The van der Waals surface area contributed by atoms with Gasteiger partial charge in [0.25, 0.3) is 0 Å². The molecule has 0 spiro atoms. The van der Waals surface area contributed by atoms with Crippen molar-refractivity contribution in [2.24, 2.45) is 0 Å². The molecule has 7 nitrogen and oxygen atoms in total. The van der Waals surface area contributed by atoms with Crippen LogP contribution in [0.25, 0.3) is 10.9 Å². The van der Waals surface area contributed by atoms with Crippen LogP contribution in [-0.4, -0.2) is 37.0 Å². The number of para-hydroxylation sites is 1. The minimum atomic E-state index is -0.500. The molecule has 9 heteroatoms. The van der Waals surface area contributed by atoms with Crippen molar-refractivity contribution in [3.8, 4) is 23.0 Å². The molecule has 0 aliphatic rings. The minimum absolute atomic E-state index is 0.0125. The van der Waals surface area contributed by atoms with Crippen LogP contribution < -0.4 is 0 Å². The lowest BCUT2D eigenvalue weighted by Crippen LogP contribution is -2.07. The molecule has 47 heavy (non-hydrogen) atoms. The number of benzene rings is 5. The molecule has 0 atom stereocenters. The number of ketones is 2. The zero-order valence-corrected chi connectivity index (χ0v) is 26.9. The van der Waals surface area contributed by atoms with Crippen molar-refractivity contribution in [1.29, 1.82) is 0 Å². The van der Waals surface area contributed by atoms with Crippen LogP contribution >= 0.6 is 23.2 Å². The van der Waals surface area contributed by atoms with E-state index in [0.717, 1.165) is 10.9 Å². The number of phenols is 4. The van der Waals surface area contributed by atoms with Crippen molar-refractivity contribution in [2.45, 2.75) is 26.7 Å². The summed E-state index contributed by atoms with van der Waals surface area (Å²) in [5, 5.41) is 46.4. The van der Waals surface area contributed by atoms with Crippen molar-refractivity contribution < 1.29 is 30.0 Å². The molecule has 0 saturated carbocycles. The van der Waals surface area contributed by atoms with Gasteiger partial charge in [-0.05, 0) is 73.0 Å². The predicted molar refractivity (Wildman–Crippen MR) is 183 cm³/mol. The van der Waals surface area contributed by atoms with Gasteiger partial charge in [-0.2, -0.15) is 0 Å². The van der Waals surface area contributed by atoms with Crippen molar-refractivity contribution in [1.82, 2.24) is 4.98 Å². The van der Waals surface area contributed by atoms with Crippen LogP contribution in [0.2, 0.25) is 10.0 Å². The first-order valence-corrected chi connectivity index (χ1v) is 15.5. The Kier molecular flexibility index (Phi) is 8.45. The van der Waals surface area contributed by atoms with Gasteiger partial charge >= 0.3 is 0 Å². The summed E-state index contributed by atoms with van der Waals surface area (Å²) in [6.45, 7) is 3.27. The van der Waals surface area contributed by atoms with E-state index in [1.807, 2.05) is 24.3 Å². The maximum atomic E-state index is 13.5. The van der Waals surface area contributed by atoms with Crippen molar-refractivity contribution >= 4 is 45.7 Å². The number of nitrogens with one attached hydrogen (secondary N) is 1. The number of hydrogen-bond acceptors (Lipinski definition) is 6. The monoisotopic (exact) mass is 665 g/mol. The third-order valence-electron chi connectivity index (χ3n) is 8.46. The number of carbonyl (C=O) groups is 2. The predicted octanol–water partition coefficient (Wildman–Crippen LogP) is 8.56. The molecule has 1 heterocycles. The summed E-state index contributed by atoms with van der Waals surface area (Å²) in [5.41, 5.74) is 3.31. The van der Waals surface area contributed by atoms with E-state index in [1.165, 1.54) is 12.1 Å². The Bertz CT molecular complexity index is 2240. The third-order valence-corrected chi connectivity index (χ3v) is 9.12. The number of aromatic amines is 1. The number of aryl methyl sites for hydroxylation is 2. The quantitative estimate of drug-likeness (QED) is 0.104. The van der Waals surface area contributed by atoms with Gasteiger partial charge in [0.1, 0.15) is 23.0 Å². The first kappa shape index (κ1) is 31.7. The number of aromatic hydroxyl groups is 4. The Balaban J connectivity index is 1.47. The van der Waals surface area contributed by atoms with Gasteiger partial charge in [-0.1, -0.05) is 65.7 Å². The zero-order valence-electron chi connectivity index (χ0n) is 25.4. The molecule has 6 aromatic rings. The highest BCUT2D eigenvalue weighted by atomic mass is 35.5. The molecule has 1 aromatic heterocycles. The van der Waals surface area contributed by atoms with Crippen LogP contribution in [0.15, 0.2) is 84.9 Å². The zero-order chi connectivity index (χ0) is 33.6. The molecule has 0 aliphatic heterocycles. The molecule has 0 bridgehead atoms. The number of rotatable bonds is 8. The van der Waals surface area contributed by atoms with E-state index in [-0.39, 0.29) is 73.5 Å². The average Bonchev–Trinajstić information content (AvgIpc) is 3.41. The van der Waals surface area contributed by atoms with Crippen LogP contribution in [0.5, 0.6) is 23.0 Å². The summed E-state index contributed by atoms with van der Waals surface area (Å²) in [7, 11) is 0. The Labute approximate surface area is 280 Å². The minimum Gasteiger partial charge on any atom is -0.507 e. The van der Waals surface area contributed by atoms with Crippen molar-refractivity contribution in [3.05, 3.63) is 151 Å². The van der Waals surface area contributed by atoms with Gasteiger partial charge in [0.05, 0.1) is 21.2 Å². The van der Waals surface area contributed by atoms with Gasteiger partial charge < -0.3 is 25.4 Å². The standard InChI is InChI=1S/C38H29Cl2NO6/c1-19-15-25(35(44)22-10-3-6-12-29(22)39)37(46)27(33(19)42)17-24-21-9-5-8-14-31(21)41-32(24)18-28-34(43)20(2)16-26(38(28)47)36(45)23-11-4-7-13-30(23)40/h3-16,41-43,46-47H,17-18H2,1-2H3. The second-order valence-electron chi connectivity index (χ2n) is 11.4. The maximum Gasteiger partial charge on any atom is 0.198 e. The summed E-state index contributed by atoms with van der Waals surface area (Å²) in [6.07, 6.45) is -0.0504. The molecule has 0 saturated heterocycles. The average molecular weight is 667 g/mol. The van der Waals surface area contributed by atoms with E-state index in [4.69, 9.17) is 23.2 Å². The van der Waals surface area contributed by atoms with E-state index in [2.05, 4.69) is 4.98 Å². The molecular weight excluding hydrogens is 637 g/mol. The molecule has 0 amide bonds. The molecule has 0 radical (unpaired) electrons. The first-order valence-electron chi connectivity index (χ1n) is 14.7. The fraction of sp³-hybridized carbons (Fsp3) is 0.105. The lowest BCUT2D eigenvalue weighted by Gasteiger charge is -2.17. The number of phenolic OH excluding ortho intramolecular Hbond substituents is 4. The summed E-state index contributed by atoms with van der Waals surface area (Å²) >= 11 is 12.6. The highest BCUT2D eigenvalue weighted by Crippen LogP contribution is 2.42. The molecule has 236 valence electrons. The van der Waals surface area contributed by atoms with Crippen LogP contribution in [0.4, 0.5) is 0 Å². The van der Waals surface area contributed by atoms with Crippen molar-refractivity contribution in [2.75, 3.05) is 0 Å². The Morgan fingerprint density at radius 2 is 1.02 bits per heavy atom. The van der Waals surface area contributed by atoms with E-state index < -0.39 is 17.3 Å². The van der Waals surface area contributed by atoms with Gasteiger partial charge in [-0.15, -0.1) is 0 Å². The maximum absolute atomic E-state index is 13.5. The largest absolute Gasteiger partial charge is 0.507 e. The fourth-order valence-corrected chi connectivity index (χ4v) is 6.40. The highest BCUT2D eigenvalue weighted by Gasteiger charge is 2.27. The first-order chi connectivity index (χ1) is 22.5. The topological polar surface area (TPSA) is 131 Å². The van der Waals surface area contributed by atoms with Crippen molar-refractivity contribution in [3.63, 3.8) is 0 Å². The SMILES string of the molecule is Cc1cc(C(=O)c2ccccc2Cl)c(O)c(Cc2[nH]c3ccccc3c2Cc2c(O)c(C)cc(C(=O)c3ccccc3Cl)c2O)c1O. The number of H-pyrrole nitrogens is 1. The molecular formula is C38H29Cl2NO6. The molecule has 0 fully saturated rings. The Morgan fingerprint density at radius 1 is 0.574 bits per heavy atom. The number of carbonyl (C=O) groups excluding carboxylic acids is 2. The second-order valence-corrected chi connectivity index (χ2v) is 12.2. The fourth-order valence-electron chi connectivity index (χ4n) is 5.96. The van der Waals surface area contributed by atoms with Crippen LogP contribution in [-0.2, 0) is 12.8 Å². The Morgan fingerprint density at radius 3 is 1.53 bits per heavy atom. The van der Waals surface area contributed by atoms with Gasteiger partial charge in [0, 0.05) is 51.7 Å². The van der Waals surface area contributed by atoms with Crippen LogP contribution in [0.3, 0.4) is 0 Å². The lowest BCUT2D eigenvalue weighted by molar-refractivity contribution is 0.102. The number of fused-ring (bicyclic) bond motifs is 1.